The number of pyridine rings is 1. The number of aromatic nitrogens is 3. The Kier molecular flexibility index (Phi) is 3.88. The van der Waals surface area contributed by atoms with Crippen LogP contribution in [-0.2, 0) is 12.8 Å². The third kappa shape index (κ3) is 2.63. The van der Waals surface area contributed by atoms with Crippen LogP contribution in [0.25, 0.3) is 5.65 Å². The van der Waals surface area contributed by atoms with Gasteiger partial charge in [0.1, 0.15) is 17.9 Å². The summed E-state index contributed by atoms with van der Waals surface area (Å²) in [5.41, 5.74) is 2.36. The monoisotopic (exact) mass is 349 g/mol. The maximum atomic E-state index is 13.9. The van der Waals surface area contributed by atoms with E-state index in [2.05, 4.69) is 26.1 Å². The third-order valence-electron chi connectivity index (χ3n) is 3.42. The molecule has 0 fully saturated rings. The average molecular weight is 350 g/mol. The first-order chi connectivity index (χ1) is 10.2. The van der Waals surface area contributed by atoms with Crippen LogP contribution in [0.4, 0.5) is 4.39 Å². The number of halogens is 2. The quantitative estimate of drug-likeness (QED) is 0.724. The fourth-order valence-corrected chi connectivity index (χ4v) is 2.76. The summed E-state index contributed by atoms with van der Waals surface area (Å²) in [4.78, 5) is 0. The van der Waals surface area contributed by atoms with Crippen molar-refractivity contribution in [2.24, 2.45) is 0 Å². The molecule has 0 amide bonds. The maximum absolute atomic E-state index is 13.9. The fourth-order valence-electron chi connectivity index (χ4n) is 2.36. The average Bonchev–Trinajstić information content (AvgIpc) is 2.98. The lowest BCUT2D eigenvalue weighted by Crippen LogP contribution is -2.02. The van der Waals surface area contributed by atoms with Crippen LogP contribution in [0.5, 0.6) is 5.75 Å². The molecule has 0 N–H and O–H groups in total. The summed E-state index contributed by atoms with van der Waals surface area (Å²) in [6.45, 7) is 0. The second kappa shape index (κ2) is 5.81. The van der Waals surface area contributed by atoms with E-state index < -0.39 is 0 Å². The lowest BCUT2D eigenvalue weighted by atomic mass is 10.1. The van der Waals surface area contributed by atoms with Crippen LogP contribution in [0.15, 0.2) is 41.1 Å². The predicted molar refractivity (Wildman–Crippen MR) is 81.0 cm³/mol. The van der Waals surface area contributed by atoms with Crippen molar-refractivity contribution in [2.75, 3.05) is 7.11 Å². The van der Waals surface area contributed by atoms with Gasteiger partial charge in [0.05, 0.1) is 11.6 Å². The topological polar surface area (TPSA) is 39.4 Å². The Morgan fingerprint density at radius 3 is 2.90 bits per heavy atom. The van der Waals surface area contributed by atoms with Gasteiger partial charge in [-0.25, -0.2) is 4.39 Å². The highest BCUT2D eigenvalue weighted by Crippen LogP contribution is 2.24. The maximum Gasteiger partial charge on any atom is 0.175 e. The van der Waals surface area contributed by atoms with E-state index in [9.17, 15) is 4.39 Å². The van der Waals surface area contributed by atoms with Gasteiger partial charge in [0.2, 0.25) is 0 Å². The van der Waals surface area contributed by atoms with E-state index in [-0.39, 0.29) is 5.82 Å². The zero-order valence-corrected chi connectivity index (χ0v) is 13.0. The molecule has 2 aromatic heterocycles. The van der Waals surface area contributed by atoms with Crippen molar-refractivity contribution >= 4 is 21.6 Å². The van der Waals surface area contributed by atoms with E-state index in [0.29, 0.717) is 24.2 Å². The van der Waals surface area contributed by atoms with Crippen molar-refractivity contribution in [1.29, 1.82) is 0 Å². The normalized spacial score (nSPS) is 11.0. The lowest BCUT2D eigenvalue weighted by Gasteiger charge is -2.10. The number of aryl methyl sites for hydroxylation is 1. The summed E-state index contributed by atoms with van der Waals surface area (Å²) in [6, 6.07) is 8.78. The summed E-state index contributed by atoms with van der Waals surface area (Å²) in [5, 5.41) is 7.97. The van der Waals surface area contributed by atoms with Gasteiger partial charge in [-0.2, -0.15) is 0 Å². The van der Waals surface area contributed by atoms with Gasteiger partial charge >= 0.3 is 0 Å². The molecule has 0 aliphatic rings. The Hall–Kier alpha value is -1.95. The minimum Gasteiger partial charge on any atom is -0.496 e. The molecule has 0 aliphatic carbocycles. The van der Waals surface area contributed by atoms with E-state index in [1.807, 2.05) is 16.5 Å². The van der Waals surface area contributed by atoms with Gasteiger partial charge in [0, 0.05) is 11.3 Å². The molecule has 0 aliphatic heterocycles. The van der Waals surface area contributed by atoms with Gasteiger partial charge in [0.25, 0.3) is 0 Å². The Balaban J connectivity index is 1.91. The Morgan fingerprint density at radius 1 is 1.24 bits per heavy atom. The molecule has 4 nitrogen and oxygen atoms in total. The number of nitrogens with zero attached hydrogens (tertiary/aromatic N) is 3. The minimum absolute atomic E-state index is 0.244. The molecule has 0 bridgehead atoms. The minimum atomic E-state index is -0.244. The van der Waals surface area contributed by atoms with E-state index in [0.717, 1.165) is 15.8 Å². The van der Waals surface area contributed by atoms with Gasteiger partial charge < -0.3 is 4.74 Å². The summed E-state index contributed by atoms with van der Waals surface area (Å²) >= 11 is 3.44. The molecule has 108 valence electrons. The molecule has 0 atom stereocenters. The molecule has 0 saturated carbocycles. The van der Waals surface area contributed by atoms with Crippen LogP contribution < -0.4 is 4.74 Å². The Bertz CT molecular complexity index is 788. The van der Waals surface area contributed by atoms with Crippen LogP contribution in [0.1, 0.15) is 11.3 Å². The lowest BCUT2D eigenvalue weighted by molar-refractivity contribution is 0.404. The molecule has 0 spiro atoms. The van der Waals surface area contributed by atoms with E-state index in [1.165, 1.54) is 6.07 Å². The smallest absolute Gasteiger partial charge is 0.175 e. The highest BCUT2D eigenvalue weighted by atomic mass is 79.9. The molecule has 21 heavy (non-hydrogen) atoms. The Morgan fingerprint density at radius 2 is 2.10 bits per heavy atom. The largest absolute Gasteiger partial charge is 0.496 e. The van der Waals surface area contributed by atoms with E-state index in [4.69, 9.17) is 4.74 Å². The first-order valence-corrected chi connectivity index (χ1v) is 7.28. The molecule has 3 aromatic rings. The zero-order valence-electron chi connectivity index (χ0n) is 11.4. The SMILES string of the molecule is COc1cccc(F)c1CCc1ccc(Br)c2nncn12. The molecular formula is C15H13BrFN3O. The standard InChI is InChI=1S/C15H13BrFN3O/c1-21-14-4-2-3-13(17)11(14)7-5-10-6-8-12(16)15-19-18-9-20(10)15/h2-4,6,8-9H,5,7H2,1H3. The molecule has 0 radical (unpaired) electrons. The van der Waals surface area contributed by atoms with Crippen molar-refractivity contribution in [1.82, 2.24) is 14.6 Å². The first kappa shape index (κ1) is 14.0. The van der Waals surface area contributed by atoms with Crippen LogP contribution in [0, 0.1) is 5.82 Å². The number of methoxy groups -OCH3 is 1. The summed E-state index contributed by atoms with van der Waals surface area (Å²) < 4.78 is 21.9. The second-order valence-corrected chi connectivity index (χ2v) is 5.47. The summed E-state index contributed by atoms with van der Waals surface area (Å²) in [7, 11) is 1.55. The first-order valence-electron chi connectivity index (χ1n) is 6.49. The van der Waals surface area contributed by atoms with Crippen LogP contribution in [0.2, 0.25) is 0 Å². The molecule has 0 unspecified atom stereocenters. The van der Waals surface area contributed by atoms with Gasteiger partial charge in [-0.15, -0.1) is 10.2 Å². The molecule has 2 heterocycles. The Labute approximate surface area is 129 Å². The summed E-state index contributed by atoms with van der Waals surface area (Å²) in [6.07, 6.45) is 2.87. The van der Waals surface area contributed by atoms with E-state index in [1.54, 1.807) is 25.6 Å². The zero-order chi connectivity index (χ0) is 14.8. The van der Waals surface area contributed by atoms with Gasteiger partial charge in [-0.05, 0) is 53.0 Å². The molecule has 6 heteroatoms. The molecular weight excluding hydrogens is 337 g/mol. The number of benzene rings is 1. The van der Waals surface area contributed by atoms with Crippen LogP contribution in [0.3, 0.4) is 0 Å². The number of ether oxygens (including phenoxy) is 1. The number of rotatable bonds is 4. The van der Waals surface area contributed by atoms with Gasteiger partial charge in [-0.1, -0.05) is 6.07 Å². The third-order valence-corrected chi connectivity index (χ3v) is 4.04. The summed E-state index contributed by atoms with van der Waals surface area (Å²) in [5.74, 6) is 0.332. The van der Waals surface area contributed by atoms with Crippen molar-refractivity contribution in [3.63, 3.8) is 0 Å². The van der Waals surface area contributed by atoms with Crippen molar-refractivity contribution in [3.05, 3.63) is 58.2 Å². The predicted octanol–water partition coefficient (Wildman–Crippen LogP) is 3.42. The van der Waals surface area contributed by atoms with Crippen LogP contribution >= 0.6 is 15.9 Å². The highest BCUT2D eigenvalue weighted by molar-refractivity contribution is 9.10. The van der Waals surface area contributed by atoms with Gasteiger partial charge in [0.15, 0.2) is 5.65 Å². The van der Waals surface area contributed by atoms with Crippen molar-refractivity contribution in [2.45, 2.75) is 12.8 Å². The van der Waals surface area contributed by atoms with Crippen LogP contribution in [-0.4, -0.2) is 21.7 Å². The number of hydrogen-bond acceptors (Lipinski definition) is 3. The van der Waals surface area contributed by atoms with Gasteiger partial charge in [-0.3, -0.25) is 4.40 Å². The van der Waals surface area contributed by atoms with E-state index >= 15 is 0 Å². The number of fused-ring (bicyclic) bond motifs is 1. The molecule has 0 saturated heterocycles. The number of hydrogen-bond donors (Lipinski definition) is 0. The van der Waals surface area contributed by atoms with Crippen molar-refractivity contribution < 1.29 is 9.13 Å². The van der Waals surface area contributed by atoms with Crippen molar-refractivity contribution in [3.8, 4) is 5.75 Å². The molecule has 3 rings (SSSR count). The second-order valence-electron chi connectivity index (χ2n) is 4.62. The molecule has 1 aromatic carbocycles. The highest BCUT2D eigenvalue weighted by Gasteiger charge is 2.11. The fraction of sp³-hybridized carbons (Fsp3) is 0.200.